The summed E-state index contributed by atoms with van der Waals surface area (Å²) in [5, 5.41) is 9.47. The van der Waals surface area contributed by atoms with Gasteiger partial charge in [0.25, 0.3) is 0 Å². The Hall–Kier alpha value is -1.84. The number of likely N-dealkylation sites (tertiary alicyclic amines) is 1. The molecule has 1 aromatic rings. The van der Waals surface area contributed by atoms with Crippen LogP contribution in [-0.4, -0.2) is 27.9 Å². The molecule has 0 spiro atoms. The third-order valence-corrected chi connectivity index (χ3v) is 4.54. The highest BCUT2D eigenvalue weighted by Gasteiger charge is 2.45. The summed E-state index contributed by atoms with van der Waals surface area (Å²) < 4.78 is 0. The molecule has 112 valence electrons. The van der Waals surface area contributed by atoms with Gasteiger partial charge in [0.2, 0.25) is 5.91 Å². The second-order valence-corrected chi connectivity index (χ2v) is 6.43. The molecule has 0 radical (unpaired) electrons. The van der Waals surface area contributed by atoms with Gasteiger partial charge in [-0.1, -0.05) is 24.3 Å². The van der Waals surface area contributed by atoms with Gasteiger partial charge < -0.3 is 10.0 Å². The van der Waals surface area contributed by atoms with Gasteiger partial charge in [-0.15, -0.1) is 0 Å². The van der Waals surface area contributed by atoms with E-state index in [0.717, 1.165) is 5.56 Å². The van der Waals surface area contributed by atoms with E-state index in [-0.39, 0.29) is 24.4 Å². The van der Waals surface area contributed by atoms with E-state index in [0.29, 0.717) is 5.92 Å². The number of nitrogens with zero attached hydrogens (tertiary/aromatic N) is 1. The predicted molar refractivity (Wildman–Crippen MR) is 78.9 cm³/mol. The zero-order valence-corrected chi connectivity index (χ0v) is 12.5. The molecule has 1 aliphatic carbocycles. The van der Waals surface area contributed by atoms with Gasteiger partial charge in [0, 0.05) is 12.5 Å². The van der Waals surface area contributed by atoms with Crippen LogP contribution in [0.15, 0.2) is 24.3 Å². The van der Waals surface area contributed by atoms with Crippen molar-refractivity contribution in [3.05, 3.63) is 35.4 Å². The van der Waals surface area contributed by atoms with Crippen LogP contribution in [0, 0.1) is 5.92 Å². The van der Waals surface area contributed by atoms with Crippen LogP contribution in [0.25, 0.3) is 0 Å². The number of carboxylic acid groups (broad SMARTS) is 1. The maximum atomic E-state index is 12.2. The molecule has 1 amide bonds. The minimum Gasteiger partial charge on any atom is -0.481 e. The summed E-state index contributed by atoms with van der Waals surface area (Å²) in [5.41, 5.74) is 2.24. The van der Waals surface area contributed by atoms with Crippen LogP contribution in [0.5, 0.6) is 0 Å². The molecule has 2 fully saturated rings. The lowest BCUT2D eigenvalue weighted by molar-refractivity contribution is -0.142. The summed E-state index contributed by atoms with van der Waals surface area (Å²) in [5.74, 6) is -0.959. The SMILES string of the molecule is CC(C)N1C(=O)CC(C(=O)O)C1c1cccc(C2CC2)c1. The van der Waals surface area contributed by atoms with E-state index >= 15 is 0 Å². The van der Waals surface area contributed by atoms with Crippen molar-refractivity contribution in [3.63, 3.8) is 0 Å². The lowest BCUT2D eigenvalue weighted by atomic mass is 9.91. The highest BCUT2D eigenvalue weighted by molar-refractivity contribution is 5.87. The van der Waals surface area contributed by atoms with Crippen LogP contribution in [-0.2, 0) is 9.59 Å². The third-order valence-electron chi connectivity index (χ3n) is 4.54. The molecule has 2 unspecified atom stereocenters. The van der Waals surface area contributed by atoms with E-state index in [1.165, 1.54) is 18.4 Å². The normalized spacial score (nSPS) is 25.7. The Morgan fingerprint density at radius 2 is 1.95 bits per heavy atom. The number of benzene rings is 1. The van der Waals surface area contributed by atoms with Crippen LogP contribution in [0.1, 0.15) is 56.2 Å². The van der Waals surface area contributed by atoms with Crippen molar-refractivity contribution in [2.24, 2.45) is 5.92 Å². The van der Waals surface area contributed by atoms with Crippen molar-refractivity contribution in [1.29, 1.82) is 0 Å². The van der Waals surface area contributed by atoms with Crippen LogP contribution in [0.3, 0.4) is 0 Å². The quantitative estimate of drug-likeness (QED) is 0.926. The second-order valence-electron chi connectivity index (χ2n) is 6.43. The largest absolute Gasteiger partial charge is 0.481 e. The average Bonchev–Trinajstić information content (AvgIpc) is 3.21. The fourth-order valence-corrected chi connectivity index (χ4v) is 3.39. The monoisotopic (exact) mass is 287 g/mol. The summed E-state index contributed by atoms with van der Waals surface area (Å²) in [6.45, 7) is 3.89. The molecule has 4 nitrogen and oxygen atoms in total. The van der Waals surface area contributed by atoms with Crippen molar-refractivity contribution in [2.45, 2.75) is 51.1 Å². The fourth-order valence-electron chi connectivity index (χ4n) is 3.39. The van der Waals surface area contributed by atoms with Crippen molar-refractivity contribution in [2.75, 3.05) is 0 Å². The van der Waals surface area contributed by atoms with Crippen molar-refractivity contribution in [1.82, 2.24) is 4.90 Å². The molecule has 1 N–H and O–H groups in total. The van der Waals surface area contributed by atoms with E-state index in [1.54, 1.807) is 4.90 Å². The Kier molecular flexibility index (Phi) is 3.47. The highest BCUT2D eigenvalue weighted by atomic mass is 16.4. The van der Waals surface area contributed by atoms with Crippen LogP contribution < -0.4 is 0 Å². The molecule has 0 bridgehead atoms. The minimum atomic E-state index is -0.881. The van der Waals surface area contributed by atoms with Gasteiger partial charge >= 0.3 is 5.97 Å². The van der Waals surface area contributed by atoms with E-state index in [1.807, 2.05) is 26.0 Å². The molecule has 1 heterocycles. The van der Waals surface area contributed by atoms with Gasteiger partial charge in [0.1, 0.15) is 0 Å². The van der Waals surface area contributed by atoms with Crippen molar-refractivity contribution >= 4 is 11.9 Å². The van der Waals surface area contributed by atoms with E-state index in [9.17, 15) is 14.7 Å². The first kappa shape index (κ1) is 14.1. The Labute approximate surface area is 124 Å². The first-order valence-corrected chi connectivity index (χ1v) is 7.63. The molecule has 3 rings (SSSR count). The predicted octanol–water partition coefficient (Wildman–Crippen LogP) is 2.95. The smallest absolute Gasteiger partial charge is 0.309 e. The Morgan fingerprint density at radius 3 is 2.52 bits per heavy atom. The molecule has 4 heteroatoms. The standard InChI is InChI=1S/C17H21NO3/c1-10(2)18-15(19)9-14(17(20)21)16(18)13-5-3-4-12(8-13)11-6-7-11/h3-5,8,10-11,14,16H,6-7,9H2,1-2H3,(H,20,21). The topological polar surface area (TPSA) is 57.6 Å². The van der Waals surface area contributed by atoms with Crippen LogP contribution >= 0.6 is 0 Å². The van der Waals surface area contributed by atoms with Gasteiger partial charge in [-0.25, -0.2) is 0 Å². The van der Waals surface area contributed by atoms with Gasteiger partial charge in [0.05, 0.1) is 12.0 Å². The number of carbonyl (C=O) groups is 2. The number of rotatable bonds is 4. The van der Waals surface area contributed by atoms with E-state index < -0.39 is 11.9 Å². The van der Waals surface area contributed by atoms with Crippen LogP contribution in [0.4, 0.5) is 0 Å². The first-order chi connectivity index (χ1) is 9.99. The average molecular weight is 287 g/mol. The summed E-state index contributed by atoms with van der Waals surface area (Å²) in [6, 6.07) is 7.83. The molecule has 1 saturated carbocycles. The van der Waals surface area contributed by atoms with Gasteiger partial charge in [0.15, 0.2) is 0 Å². The Bertz CT molecular complexity index is 577. The number of carboxylic acids is 1. The number of aliphatic carboxylic acids is 1. The molecular weight excluding hydrogens is 266 g/mol. The molecule has 2 atom stereocenters. The molecular formula is C17H21NO3. The van der Waals surface area contributed by atoms with Gasteiger partial charge in [-0.3, -0.25) is 9.59 Å². The summed E-state index contributed by atoms with van der Waals surface area (Å²) in [7, 11) is 0. The first-order valence-electron chi connectivity index (χ1n) is 7.63. The Balaban J connectivity index is 2.00. The Morgan fingerprint density at radius 1 is 1.29 bits per heavy atom. The highest BCUT2D eigenvalue weighted by Crippen LogP contribution is 2.44. The third kappa shape index (κ3) is 2.55. The second kappa shape index (κ2) is 5.17. The molecule has 0 aromatic heterocycles. The number of hydrogen-bond donors (Lipinski definition) is 1. The maximum Gasteiger partial charge on any atom is 0.309 e. The van der Waals surface area contributed by atoms with Gasteiger partial charge in [-0.2, -0.15) is 0 Å². The summed E-state index contributed by atoms with van der Waals surface area (Å²) in [4.78, 5) is 25.5. The number of hydrogen-bond acceptors (Lipinski definition) is 2. The molecule has 1 saturated heterocycles. The van der Waals surface area contributed by atoms with Gasteiger partial charge in [-0.05, 0) is 43.7 Å². The lowest BCUT2D eigenvalue weighted by Gasteiger charge is -2.31. The molecule has 1 aromatic carbocycles. The van der Waals surface area contributed by atoms with E-state index in [2.05, 4.69) is 12.1 Å². The minimum absolute atomic E-state index is 0.0106. The number of carbonyl (C=O) groups excluding carboxylic acids is 1. The maximum absolute atomic E-state index is 12.2. The molecule has 1 aliphatic heterocycles. The lowest BCUT2D eigenvalue weighted by Crippen LogP contribution is -2.36. The van der Waals surface area contributed by atoms with Crippen molar-refractivity contribution < 1.29 is 14.7 Å². The van der Waals surface area contributed by atoms with Crippen LogP contribution in [0.2, 0.25) is 0 Å². The molecule has 2 aliphatic rings. The zero-order valence-electron chi connectivity index (χ0n) is 12.5. The summed E-state index contributed by atoms with van der Waals surface area (Å²) in [6.07, 6.45) is 2.53. The zero-order chi connectivity index (χ0) is 15.1. The fraction of sp³-hybridized carbons (Fsp3) is 0.529. The molecule has 21 heavy (non-hydrogen) atoms. The van der Waals surface area contributed by atoms with Crippen molar-refractivity contribution in [3.8, 4) is 0 Å². The van der Waals surface area contributed by atoms with E-state index in [4.69, 9.17) is 0 Å². The number of amides is 1. The summed E-state index contributed by atoms with van der Waals surface area (Å²) >= 11 is 0.